The first-order chi connectivity index (χ1) is 11.5. The van der Waals surface area contributed by atoms with Crippen LogP contribution in [0.5, 0.6) is 0 Å². The molecule has 0 unspecified atom stereocenters. The molecule has 3 rings (SSSR count). The van der Waals surface area contributed by atoms with Crippen LogP contribution in [-0.2, 0) is 0 Å². The molecule has 0 atom stereocenters. The SMILES string of the molecule is O=C(Nc1cc(-n2cccn2)ncn1)c1ccc([N+](=O)[O-])cc1Cl. The highest BCUT2D eigenvalue weighted by Crippen LogP contribution is 2.23. The molecule has 1 aromatic carbocycles. The third-order valence-electron chi connectivity index (χ3n) is 3.04. The fourth-order valence-electron chi connectivity index (χ4n) is 1.93. The molecule has 0 radical (unpaired) electrons. The van der Waals surface area contributed by atoms with Crippen LogP contribution in [-0.4, -0.2) is 30.6 Å². The number of hydrogen-bond acceptors (Lipinski definition) is 6. The second-order valence-corrected chi connectivity index (χ2v) is 4.99. The van der Waals surface area contributed by atoms with Crippen LogP contribution < -0.4 is 5.32 Å². The van der Waals surface area contributed by atoms with Crippen molar-refractivity contribution in [3.8, 4) is 5.82 Å². The van der Waals surface area contributed by atoms with Gasteiger partial charge in [0.1, 0.15) is 12.1 Å². The number of aromatic nitrogens is 4. The Morgan fingerprint density at radius 2 is 2.12 bits per heavy atom. The smallest absolute Gasteiger partial charge is 0.270 e. The van der Waals surface area contributed by atoms with Crippen molar-refractivity contribution in [3.05, 3.63) is 69.8 Å². The molecule has 0 bridgehead atoms. The van der Waals surface area contributed by atoms with E-state index in [-0.39, 0.29) is 22.1 Å². The van der Waals surface area contributed by atoms with Crippen molar-refractivity contribution in [2.75, 3.05) is 5.32 Å². The number of nitro groups is 1. The highest BCUT2D eigenvalue weighted by Gasteiger charge is 2.15. The second kappa shape index (κ2) is 6.42. The largest absolute Gasteiger partial charge is 0.306 e. The highest BCUT2D eigenvalue weighted by molar-refractivity contribution is 6.34. The van der Waals surface area contributed by atoms with E-state index in [1.54, 1.807) is 18.5 Å². The minimum absolute atomic E-state index is 0.0249. The van der Waals surface area contributed by atoms with Crippen LogP contribution in [0.25, 0.3) is 5.82 Å². The molecule has 0 spiro atoms. The van der Waals surface area contributed by atoms with Crippen LogP contribution >= 0.6 is 11.6 Å². The summed E-state index contributed by atoms with van der Waals surface area (Å²) in [5.74, 6) is 0.176. The first-order valence-corrected chi connectivity index (χ1v) is 7.00. The molecule has 2 heterocycles. The van der Waals surface area contributed by atoms with E-state index in [2.05, 4.69) is 20.4 Å². The van der Waals surface area contributed by atoms with E-state index >= 15 is 0 Å². The van der Waals surface area contributed by atoms with Gasteiger partial charge in [-0.3, -0.25) is 14.9 Å². The highest BCUT2D eigenvalue weighted by atomic mass is 35.5. The first-order valence-electron chi connectivity index (χ1n) is 6.62. The van der Waals surface area contributed by atoms with Crippen molar-refractivity contribution in [3.63, 3.8) is 0 Å². The molecule has 9 nitrogen and oxygen atoms in total. The van der Waals surface area contributed by atoms with Crippen molar-refractivity contribution >= 4 is 29.0 Å². The van der Waals surface area contributed by atoms with Gasteiger partial charge >= 0.3 is 0 Å². The molecule has 3 aromatic rings. The van der Waals surface area contributed by atoms with Crippen LogP contribution in [0.15, 0.2) is 49.1 Å². The molecular formula is C14H9ClN6O3. The van der Waals surface area contributed by atoms with Gasteiger partial charge < -0.3 is 5.32 Å². The van der Waals surface area contributed by atoms with Gasteiger partial charge in [0.05, 0.1) is 15.5 Å². The lowest BCUT2D eigenvalue weighted by molar-refractivity contribution is -0.384. The Morgan fingerprint density at radius 3 is 2.79 bits per heavy atom. The summed E-state index contributed by atoms with van der Waals surface area (Å²) in [7, 11) is 0. The molecule has 1 N–H and O–H groups in total. The Bertz CT molecular complexity index is 913. The van der Waals surface area contributed by atoms with E-state index in [0.29, 0.717) is 5.82 Å². The molecule has 2 aromatic heterocycles. The van der Waals surface area contributed by atoms with Gasteiger partial charge in [0.15, 0.2) is 5.82 Å². The van der Waals surface area contributed by atoms with Gasteiger partial charge in [0, 0.05) is 30.6 Å². The number of anilines is 1. The number of carbonyl (C=O) groups excluding carboxylic acids is 1. The van der Waals surface area contributed by atoms with E-state index in [1.165, 1.54) is 29.2 Å². The number of halogens is 1. The lowest BCUT2D eigenvalue weighted by Gasteiger charge is -2.07. The molecule has 0 saturated heterocycles. The maximum atomic E-state index is 12.3. The van der Waals surface area contributed by atoms with Gasteiger partial charge in [0.2, 0.25) is 0 Å². The van der Waals surface area contributed by atoms with Crippen LogP contribution in [0.2, 0.25) is 5.02 Å². The Kier molecular flexibility index (Phi) is 4.17. The molecule has 10 heteroatoms. The number of nitrogens with zero attached hydrogens (tertiary/aromatic N) is 5. The number of non-ortho nitro benzene ring substituents is 1. The fraction of sp³-hybridized carbons (Fsp3) is 0. The maximum Gasteiger partial charge on any atom is 0.270 e. The van der Waals surface area contributed by atoms with Gasteiger partial charge in [-0.05, 0) is 12.1 Å². The predicted octanol–water partition coefficient (Wildman–Crippen LogP) is 2.48. The molecule has 0 aliphatic carbocycles. The van der Waals surface area contributed by atoms with Crippen LogP contribution in [0.4, 0.5) is 11.5 Å². The van der Waals surface area contributed by atoms with Crippen molar-refractivity contribution in [2.24, 2.45) is 0 Å². The minimum atomic E-state index is -0.589. The summed E-state index contributed by atoms with van der Waals surface area (Å²) < 4.78 is 1.51. The van der Waals surface area contributed by atoms with Gasteiger partial charge in [-0.15, -0.1) is 0 Å². The third-order valence-corrected chi connectivity index (χ3v) is 3.35. The summed E-state index contributed by atoms with van der Waals surface area (Å²) in [6.07, 6.45) is 4.57. The number of hydrogen-bond donors (Lipinski definition) is 1. The molecule has 0 saturated carbocycles. The zero-order valence-corrected chi connectivity index (χ0v) is 12.7. The van der Waals surface area contributed by atoms with Crippen LogP contribution in [0.3, 0.4) is 0 Å². The zero-order valence-electron chi connectivity index (χ0n) is 12.0. The van der Waals surface area contributed by atoms with Gasteiger partial charge in [-0.2, -0.15) is 5.10 Å². The van der Waals surface area contributed by atoms with E-state index in [4.69, 9.17) is 11.6 Å². The lowest BCUT2D eigenvalue weighted by Crippen LogP contribution is -2.14. The predicted molar refractivity (Wildman–Crippen MR) is 85.2 cm³/mol. The van der Waals surface area contributed by atoms with E-state index in [1.807, 2.05) is 0 Å². The quantitative estimate of drug-likeness (QED) is 0.574. The molecule has 0 aliphatic heterocycles. The topological polar surface area (TPSA) is 116 Å². The van der Waals surface area contributed by atoms with Crippen molar-refractivity contribution in [1.29, 1.82) is 0 Å². The number of nitrogens with one attached hydrogen (secondary N) is 1. The minimum Gasteiger partial charge on any atom is -0.306 e. The number of rotatable bonds is 4. The molecule has 0 aliphatic rings. The molecule has 0 fully saturated rings. The summed E-state index contributed by atoms with van der Waals surface area (Å²) >= 11 is 5.93. The van der Waals surface area contributed by atoms with E-state index in [0.717, 1.165) is 6.07 Å². The van der Waals surface area contributed by atoms with Crippen LogP contribution in [0, 0.1) is 10.1 Å². The molecule has 120 valence electrons. The average Bonchev–Trinajstić information content (AvgIpc) is 3.09. The summed E-state index contributed by atoms with van der Waals surface area (Å²) in [5, 5.41) is 17.3. The number of nitro benzene ring substituents is 1. The van der Waals surface area contributed by atoms with Gasteiger partial charge in [-0.1, -0.05) is 11.6 Å². The Morgan fingerprint density at radius 1 is 1.29 bits per heavy atom. The summed E-state index contributed by atoms with van der Waals surface area (Å²) in [6.45, 7) is 0. The third kappa shape index (κ3) is 3.20. The molecule has 24 heavy (non-hydrogen) atoms. The van der Waals surface area contributed by atoms with Gasteiger partial charge in [0.25, 0.3) is 11.6 Å². The Labute approximate surface area is 140 Å². The Hall–Kier alpha value is -3.33. The fourth-order valence-corrected chi connectivity index (χ4v) is 2.19. The number of carbonyl (C=O) groups is 1. The van der Waals surface area contributed by atoms with E-state index < -0.39 is 10.8 Å². The summed E-state index contributed by atoms with van der Waals surface area (Å²) in [6, 6.07) is 6.87. The average molecular weight is 345 g/mol. The maximum absolute atomic E-state index is 12.3. The van der Waals surface area contributed by atoms with Crippen molar-refractivity contribution in [2.45, 2.75) is 0 Å². The lowest BCUT2D eigenvalue weighted by atomic mass is 10.2. The molecular weight excluding hydrogens is 336 g/mol. The molecule has 1 amide bonds. The zero-order chi connectivity index (χ0) is 17.1. The second-order valence-electron chi connectivity index (χ2n) is 4.59. The van der Waals surface area contributed by atoms with Crippen molar-refractivity contribution < 1.29 is 9.72 Å². The number of benzene rings is 1. The number of amides is 1. The van der Waals surface area contributed by atoms with Crippen LogP contribution in [0.1, 0.15) is 10.4 Å². The van der Waals surface area contributed by atoms with Crippen molar-refractivity contribution in [1.82, 2.24) is 19.7 Å². The standard InChI is InChI=1S/C14H9ClN6O3/c15-11-6-9(21(23)24)2-3-10(11)14(22)19-12-7-13(17-8-16-12)20-5-1-4-18-20/h1-8H,(H,16,17,19,22). The van der Waals surface area contributed by atoms with Gasteiger partial charge in [-0.25, -0.2) is 14.6 Å². The normalized spacial score (nSPS) is 10.4. The summed E-state index contributed by atoms with van der Waals surface area (Å²) in [4.78, 5) is 30.4. The Balaban J connectivity index is 1.83. The summed E-state index contributed by atoms with van der Waals surface area (Å²) in [5.41, 5.74) is -0.0962. The van der Waals surface area contributed by atoms with E-state index in [9.17, 15) is 14.9 Å². The monoisotopic (exact) mass is 344 g/mol. The first kappa shape index (κ1) is 15.6.